The summed E-state index contributed by atoms with van der Waals surface area (Å²) in [6.45, 7) is 0. The zero-order valence-electron chi connectivity index (χ0n) is 21.8. The van der Waals surface area contributed by atoms with E-state index in [0.29, 0.717) is 62.8 Å². The van der Waals surface area contributed by atoms with E-state index in [1.54, 1.807) is 37.3 Å². The average Bonchev–Trinajstić information content (AvgIpc) is 3.44. The van der Waals surface area contributed by atoms with Gasteiger partial charge in [0, 0.05) is 23.3 Å². The van der Waals surface area contributed by atoms with E-state index >= 15 is 0 Å². The summed E-state index contributed by atoms with van der Waals surface area (Å²) >= 11 is 2.47. The number of carbonyl (C=O) groups excluding carboxylic acids is 2. The molecule has 0 bridgehead atoms. The number of allylic oxidation sites excluding steroid dienone is 3. The van der Waals surface area contributed by atoms with Crippen LogP contribution < -0.4 is 25.4 Å². The Bertz CT molecular complexity index is 1570. The van der Waals surface area contributed by atoms with Crippen LogP contribution in [-0.4, -0.2) is 41.9 Å². The first-order valence-electron chi connectivity index (χ1n) is 12.4. The molecule has 0 spiro atoms. The molecular formula is C28H26N6O4S2. The molecule has 2 aliphatic rings. The van der Waals surface area contributed by atoms with Gasteiger partial charge in [0.25, 0.3) is 0 Å². The largest absolute Gasteiger partial charge is 0.496 e. The van der Waals surface area contributed by atoms with Gasteiger partial charge in [-0.2, -0.15) is 5.26 Å². The first-order valence-corrected chi connectivity index (χ1v) is 14.2. The number of ether oxygens (including phenoxy) is 2. The van der Waals surface area contributed by atoms with Gasteiger partial charge in [-0.15, -0.1) is 10.2 Å². The number of nitrogens with zero attached hydrogens (tertiary/aromatic N) is 4. The van der Waals surface area contributed by atoms with Crippen molar-refractivity contribution in [2.45, 2.75) is 29.5 Å². The molecule has 0 saturated heterocycles. The summed E-state index contributed by atoms with van der Waals surface area (Å²) in [4.78, 5) is 27.6. The maximum absolute atomic E-state index is 13.3. The van der Waals surface area contributed by atoms with Gasteiger partial charge in [-0.25, -0.2) is 0 Å². The predicted octanol–water partition coefficient (Wildman–Crippen LogP) is 4.59. The average molecular weight is 575 g/mol. The highest BCUT2D eigenvalue weighted by atomic mass is 32.2. The van der Waals surface area contributed by atoms with Crippen molar-refractivity contribution in [3.63, 3.8) is 0 Å². The lowest BCUT2D eigenvalue weighted by atomic mass is 9.75. The Morgan fingerprint density at radius 2 is 1.88 bits per heavy atom. The standard InChI is InChI=1S/C28H26N6O4S2/c1-37-21-12-5-3-8-16(21)24-17(14-29)26(30)34(19-10-7-11-20(35)25(19)24)27-32-33-28(40-27)39-15-23(36)31-18-9-4-6-13-22(18)38-2/h3-6,8-9,12-13,24H,7,10-11,15,30H2,1-2H3,(H,31,36). The quantitative estimate of drug-likeness (QED) is 0.367. The summed E-state index contributed by atoms with van der Waals surface area (Å²) < 4.78 is 11.4. The van der Waals surface area contributed by atoms with Crippen LogP contribution in [0.5, 0.6) is 11.5 Å². The van der Waals surface area contributed by atoms with E-state index in [1.165, 1.54) is 23.1 Å². The van der Waals surface area contributed by atoms with Crippen LogP contribution in [0.4, 0.5) is 10.8 Å². The number of aromatic nitrogens is 2. The van der Waals surface area contributed by atoms with Crippen LogP contribution in [0.15, 0.2) is 75.5 Å². The highest BCUT2D eigenvalue weighted by Crippen LogP contribution is 2.48. The van der Waals surface area contributed by atoms with E-state index < -0.39 is 5.92 Å². The molecule has 0 saturated carbocycles. The van der Waals surface area contributed by atoms with Crippen molar-refractivity contribution in [1.82, 2.24) is 10.2 Å². The number of ketones is 1. The van der Waals surface area contributed by atoms with Crippen LogP contribution >= 0.6 is 23.1 Å². The van der Waals surface area contributed by atoms with E-state index in [0.717, 1.165) is 0 Å². The predicted molar refractivity (Wildman–Crippen MR) is 153 cm³/mol. The SMILES string of the molecule is COc1ccccc1NC(=O)CSc1nnc(N2C(N)=C(C#N)C(c3ccccc3OC)C3=C2CCCC3=O)s1. The summed E-state index contributed by atoms with van der Waals surface area (Å²) in [5, 5.41) is 22.1. The Hall–Kier alpha value is -4.34. The molecule has 204 valence electrons. The van der Waals surface area contributed by atoms with Crippen LogP contribution in [0, 0.1) is 11.3 Å². The maximum atomic E-state index is 13.3. The molecule has 0 radical (unpaired) electrons. The van der Waals surface area contributed by atoms with Gasteiger partial charge < -0.3 is 20.5 Å². The smallest absolute Gasteiger partial charge is 0.234 e. The molecule has 10 nitrogen and oxygen atoms in total. The molecule has 2 heterocycles. The van der Waals surface area contributed by atoms with E-state index in [-0.39, 0.29) is 28.8 Å². The number of carbonyl (C=O) groups is 2. The Morgan fingerprint density at radius 1 is 1.15 bits per heavy atom. The summed E-state index contributed by atoms with van der Waals surface area (Å²) in [5.41, 5.74) is 9.42. The lowest BCUT2D eigenvalue weighted by Crippen LogP contribution is -2.38. The third-order valence-electron chi connectivity index (χ3n) is 6.66. The van der Waals surface area contributed by atoms with E-state index in [1.807, 2.05) is 30.3 Å². The second kappa shape index (κ2) is 11.8. The second-order valence-corrected chi connectivity index (χ2v) is 11.1. The zero-order chi connectivity index (χ0) is 28.2. The number of hydrogen-bond donors (Lipinski definition) is 2. The summed E-state index contributed by atoms with van der Waals surface area (Å²) in [7, 11) is 3.10. The van der Waals surface area contributed by atoms with Gasteiger partial charge in [0.15, 0.2) is 10.1 Å². The van der Waals surface area contributed by atoms with Gasteiger partial charge in [0.1, 0.15) is 17.3 Å². The highest BCUT2D eigenvalue weighted by Gasteiger charge is 2.42. The lowest BCUT2D eigenvalue weighted by molar-refractivity contribution is -0.116. The summed E-state index contributed by atoms with van der Waals surface area (Å²) in [6.07, 6.45) is 1.64. The van der Waals surface area contributed by atoms with E-state index in [4.69, 9.17) is 15.2 Å². The number of hydrogen-bond acceptors (Lipinski definition) is 11. The van der Waals surface area contributed by atoms with Crippen molar-refractivity contribution in [3.05, 3.63) is 76.8 Å². The minimum atomic E-state index is -0.638. The van der Waals surface area contributed by atoms with Crippen molar-refractivity contribution >= 4 is 45.6 Å². The van der Waals surface area contributed by atoms with Crippen LogP contribution in [0.3, 0.4) is 0 Å². The molecular weight excluding hydrogens is 548 g/mol. The van der Waals surface area contributed by atoms with Crippen molar-refractivity contribution < 1.29 is 19.1 Å². The molecule has 1 unspecified atom stereocenters. The first kappa shape index (κ1) is 27.2. The fraction of sp³-hybridized carbons (Fsp3) is 0.250. The van der Waals surface area contributed by atoms with Crippen LogP contribution in [0.1, 0.15) is 30.7 Å². The number of Topliss-reactive ketones (excluding diaryl/α,β-unsaturated/α-hetero) is 1. The van der Waals surface area contributed by atoms with Crippen molar-refractivity contribution in [3.8, 4) is 17.6 Å². The third kappa shape index (κ3) is 5.13. The fourth-order valence-electron chi connectivity index (χ4n) is 4.93. The molecule has 2 aromatic carbocycles. The molecule has 3 aromatic rings. The van der Waals surface area contributed by atoms with Crippen molar-refractivity contribution in [2.24, 2.45) is 5.73 Å². The van der Waals surface area contributed by atoms with Crippen molar-refractivity contribution in [1.29, 1.82) is 5.26 Å². The number of benzene rings is 2. The van der Waals surface area contributed by atoms with Crippen molar-refractivity contribution in [2.75, 3.05) is 30.2 Å². The van der Waals surface area contributed by atoms with Gasteiger partial charge in [0.2, 0.25) is 11.0 Å². The molecule has 1 atom stereocenters. The molecule has 1 amide bonds. The highest BCUT2D eigenvalue weighted by molar-refractivity contribution is 8.01. The van der Waals surface area contributed by atoms with E-state index in [2.05, 4.69) is 21.6 Å². The van der Waals surface area contributed by atoms with E-state index in [9.17, 15) is 14.9 Å². The minimum absolute atomic E-state index is 0.0328. The molecule has 0 fully saturated rings. The molecule has 1 aliphatic carbocycles. The van der Waals surface area contributed by atoms with Gasteiger partial charge in [-0.3, -0.25) is 14.5 Å². The topological polar surface area (TPSA) is 143 Å². The van der Waals surface area contributed by atoms with Gasteiger partial charge in [-0.05, 0) is 31.0 Å². The Balaban J connectivity index is 1.43. The number of para-hydroxylation sites is 3. The number of nitriles is 1. The fourth-order valence-corrected chi connectivity index (χ4v) is 6.61. The van der Waals surface area contributed by atoms with Gasteiger partial charge in [-0.1, -0.05) is 53.4 Å². The van der Waals surface area contributed by atoms with Crippen LogP contribution in [0.2, 0.25) is 0 Å². The Kier molecular flexibility index (Phi) is 8.04. The first-order chi connectivity index (χ1) is 19.5. The number of nitrogens with two attached hydrogens (primary N) is 1. The number of amides is 1. The Labute approximate surface area is 239 Å². The van der Waals surface area contributed by atoms with Gasteiger partial charge >= 0.3 is 0 Å². The number of nitrogens with one attached hydrogen (secondary N) is 1. The second-order valence-electron chi connectivity index (χ2n) is 8.95. The Morgan fingerprint density at radius 3 is 2.62 bits per heavy atom. The third-order valence-corrected chi connectivity index (χ3v) is 8.70. The molecule has 5 rings (SSSR count). The number of anilines is 2. The maximum Gasteiger partial charge on any atom is 0.234 e. The van der Waals surface area contributed by atoms with Gasteiger partial charge in [0.05, 0.1) is 43.2 Å². The molecule has 1 aromatic heterocycles. The monoisotopic (exact) mass is 574 g/mol. The normalized spacial score (nSPS) is 16.9. The number of methoxy groups -OCH3 is 2. The van der Waals surface area contributed by atoms with Crippen LogP contribution in [-0.2, 0) is 9.59 Å². The molecule has 40 heavy (non-hydrogen) atoms. The zero-order valence-corrected chi connectivity index (χ0v) is 23.5. The summed E-state index contributed by atoms with van der Waals surface area (Å²) in [5.74, 6) is 0.551. The van der Waals surface area contributed by atoms with Crippen LogP contribution in [0.25, 0.3) is 0 Å². The number of rotatable bonds is 8. The number of thioether (sulfide) groups is 1. The molecule has 3 N–H and O–H groups in total. The minimum Gasteiger partial charge on any atom is -0.496 e. The molecule has 1 aliphatic heterocycles. The summed E-state index contributed by atoms with van der Waals surface area (Å²) in [6, 6.07) is 16.8. The molecule has 12 heteroatoms. The lowest BCUT2D eigenvalue weighted by Gasteiger charge is -2.38.